The second-order valence-corrected chi connectivity index (χ2v) is 4.88. The highest BCUT2D eigenvalue weighted by Gasteiger charge is 2.16. The summed E-state index contributed by atoms with van der Waals surface area (Å²) >= 11 is 0. The van der Waals surface area contributed by atoms with Gasteiger partial charge < -0.3 is 9.84 Å². The number of hydrazine groups is 1. The lowest BCUT2D eigenvalue weighted by molar-refractivity contribution is 0.0690. The van der Waals surface area contributed by atoms with Gasteiger partial charge in [0.15, 0.2) is 0 Å². The second-order valence-electron chi connectivity index (χ2n) is 4.88. The van der Waals surface area contributed by atoms with Crippen LogP contribution >= 0.6 is 0 Å². The maximum Gasteiger partial charge on any atom is 0.336 e. The van der Waals surface area contributed by atoms with E-state index >= 15 is 0 Å². The van der Waals surface area contributed by atoms with Crippen LogP contribution in [0.25, 0.3) is 0 Å². The average molecular weight is 340 g/mol. The number of hydrogen-bond acceptors (Lipinski definition) is 4. The van der Waals surface area contributed by atoms with Crippen molar-refractivity contribution < 1.29 is 24.2 Å². The molecule has 0 atom stereocenters. The number of carbonyl (C=O) groups is 3. The monoisotopic (exact) mass is 340 g/mol. The highest BCUT2D eigenvalue weighted by atomic mass is 16.5. The van der Waals surface area contributed by atoms with Crippen LogP contribution in [-0.4, -0.2) is 29.5 Å². The van der Waals surface area contributed by atoms with E-state index in [-0.39, 0.29) is 11.1 Å². The zero-order valence-electron chi connectivity index (χ0n) is 13.2. The summed E-state index contributed by atoms with van der Waals surface area (Å²) in [5.74, 6) is -1.92. The molecule has 25 heavy (non-hydrogen) atoms. The number of aromatic carboxylic acids is 1. The van der Waals surface area contributed by atoms with Gasteiger partial charge in [0, 0.05) is 5.56 Å². The van der Waals surface area contributed by atoms with Crippen LogP contribution in [0.3, 0.4) is 0 Å². The summed E-state index contributed by atoms with van der Waals surface area (Å²) in [5.41, 5.74) is 4.53. The third-order valence-corrected chi connectivity index (χ3v) is 3.18. The number of nitrogens with one attached hydrogen (secondary N) is 2. The predicted octanol–water partition coefficient (Wildman–Crippen LogP) is 2.02. The molecule has 0 heterocycles. The molecule has 2 aromatic rings. The maximum absolute atomic E-state index is 12.1. The Morgan fingerprint density at radius 3 is 2.16 bits per heavy atom. The van der Waals surface area contributed by atoms with E-state index in [4.69, 9.17) is 9.84 Å². The van der Waals surface area contributed by atoms with Gasteiger partial charge in [0.25, 0.3) is 11.8 Å². The summed E-state index contributed by atoms with van der Waals surface area (Å²) in [4.78, 5) is 35.2. The molecule has 0 saturated carbocycles. The van der Waals surface area contributed by atoms with Gasteiger partial charge in [0.2, 0.25) is 0 Å². The van der Waals surface area contributed by atoms with Gasteiger partial charge in [0.1, 0.15) is 12.4 Å². The molecular formula is C18H16N2O5. The molecule has 0 unspecified atom stereocenters. The number of hydrogen-bond donors (Lipinski definition) is 3. The Bertz CT molecular complexity index is 799. The molecule has 0 bridgehead atoms. The number of ether oxygens (including phenoxy) is 1. The Morgan fingerprint density at radius 2 is 1.56 bits per heavy atom. The maximum atomic E-state index is 12.1. The summed E-state index contributed by atoms with van der Waals surface area (Å²) in [5, 5.41) is 9.07. The lowest BCUT2D eigenvalue weighted by Gasteiger charge is -2.09. The number of benzene rings is 2. The van der Waals surface area contributed by atoms with Crippen LogP contribution in [-0.2, 0) is 0 Å². The minimum absolute atomic E-state index is 0.0523. The van der Waals surface area contributed by atoms with Gasteiger partial charge in [0.05, 0.1) is 11.1 Å². The molecule has 2 amide bonds. The lowest BCUT2D eigenvalue weighted by atomic mass is 10.1. The first-order valence-corrected chi connectivity index (χ1v) is 7.29. The van der Waals surface area contributed by atoms with Crippen molar-refractivity contribution in [2.45, 2.75) is 0 Å². The van der Waals surface area contributed by atoms with E-state index in [1.165, 1.54) is 36.4 Å². The van der Waals surface area contributed by atoms with Crippen LogP contribution in [0, 0.1) is 0 Å². The molecule has 7 heteroatoms. The smallest absolute Gasteiger partial charge is 0.336 e. The molecule has 0 aliphatic heterocycles. The van der Waals surface area contributed by atoms with E-state index in [0.29, 0.717) is 17.9 Å². The topological polar surface area (TPSA) is 105 Å². The van der Waals surface area contributed by atoms with E-state index in [1.54, 1.807) is 18.2 Å². The Hall–Kier alpha value is -3.61. The molecule has 2 rings (SSSR count). The molecular weight excluding hydrogens is 324 g/mol. The van der Waals surface area contributed by atoms with Gasteiger partial charge in [-0.1, -0.05) is 24.8 Å². The van der Waals surface area contributed by atoms with Crippen LogP contribution in [0.5, 0.6) is 5.75 Å². The van der Waals surface area contributed by atoms with Crippen LogP contribution < -0.4 is 15.6 Å². The van der Waals surface area contributed by atoms with Crippen LogP contribution in [0.4, 0.5) is 0 Å². The lowest BCUT2D eigenvalue weighted by Crippen LogP contribution is -2.42. The van der Waals surface area contributed by atoms with Crippen molar-refractivity contribution in [2.75, 3.05) is 6.61 Å². The van der Waals surface area contributed by atoms with Crippen molar-refractivity contribution in [1.29, 1.82) is 0 Å². The molecule has 0 aliphatic rings. The number of carboxylic acids is 1. The van der Waals surface area contributed by atoms with Crippen molar-refractivity contribution in [3.8, 4) is 5.75 Å². The normalized spacial score (nSPS) is 9.76. The van der Waals surface area contributed by atoms with Gasteiger partial charge in [-0.05, 0) is 36.4 Å². The second kappa shape index (κ2) is 8.30. The van der Waals surface area contributed by atoms with E-state index in [1.807, 2.05) is 0 Å². The van der Waals surface area contributed by atoms with Crippen molar-refractivity contribution in [1.82, 2.24) is 10.9 Å². The van der Waals surface area contributed by atoms with E-state index in [2.05, 4.69) is 17.4 Å². The minimum atomic E-state index is -1.23. The molecule has 2 aromatic carbocycles. The Kier molecular flexibility index (Phi) is 5.89. The standard InChI is InChI=1S/C18H16N2O5/c1-2-11-25-13-9-7-12(8-10-13)16(21)19-20-17(22)14-5-3-4-6-15(14)18(23)24/h2-10H,1,11H2,(H,19,21)(H,20,22)(H,23,24). The van der Waals surface area contributed by atoms with Crippen molar-refractivity contribution in [3.63, 3.8) is 0 Å². The van der Waals surface area contributed by atoms with Gasteiger partial charge >= 0.3 is 5.97 Å². The van der Waals surface area contributed by atoms with Crippen molar-refractivity contribution in [3.05, 3.63) is 77.9 Å². The first-order chi connectivity index (χ1) is 12.0. The number of carbonyl (C=O) groups excluding carboxylic acids is 2. The highest BCUT2D eigenvalue weighted by molar-refractivity contribution is 6.05. The summed E-state index contributed by atoms with van der Waals surface area (Å²) in [6.45, 7) is 3.89. The fourth-order valence-electron chi connectivity index (χ4n) is 1.98. The van der Waals surface area contributed by atoms with Gasteiger partial charge in [-0.2, -0.15) is 0 Å². The molecule has 0 fully saturated rings. The van der Waals surface area contributed by atoms with Crippen molar-refractivity contribution >= 4 is 17.8 Å². The minimum Gasteiger partial charge on any atom is -0.490 e. The largest absolute Gasteiger partial charge is 0.490 e. The first kappa shape index (κ1) is 17.7. The quantitative estimate of drug-likeness (QED) is 0.551. The zero-order valence-corrected chi connectivity index (χ0v) is 13.2. The summed E-state index contributed by atoms with van der Waals surface area (Å²) in [6.07, 6.45) is 1.60. The van der Waals surface area contributed by atoms with Crippen molar-refractivity contribution in [2.24, 2.45) is 0 Å². The number of carboxylic acid groups (broad SMARTS) is 1. The predicted molar refractivity (Wildman–Crippen MR) is 90.5 cm³/mol. The van der Waals surface area contributed by atoms with Gasteiger partial charge in [-0.25, -0.2) is 4.79 Å². The Morgan fingerprint density at radius 1 is 0.960 bits per heavy atom. The van der Waals surface area contributed by atoms with Crippen LogP contribution in [0.15, 0.2) is 61.2 Å². The fraction of sp³-hybridized carbons (Fsp3) is 0.0556. The summed E-state index contributed by atoms with van der Waals surface area (Å²) in [6, 6.07) is 12.0. The summed E-state index contributed by atoms with van der Waals surface area (Å²) in [7, 11) is 0. The molecule has 0 aliphatic carbocycles. The SMILES string of the molecule is C=CCOc1ccc(C(=O)NNC(=O)c2ccccc2C(=O)O)cc1. The highest BCUT2D eigenvalue weighted by Crippen LogP contribution is 2.12. The van der Waals surface area contributed by atoms with E-state index in [0.717, 1.165) is 0 Å². The molecule has 3 N–H and O–H groups in total. The third-order valence-electron chi connectivity index (χ3n) is 3.18. The number of amides is 2. The van der Waals surface area contributed by atoms with E-state index in [9.17, 15) is 14.4 Å². The molecule has 0 radical (unpaired) electrons. The molecule has 0 saturated heterocycles. The van der Waals surface area contributed by atoms with Gasteiger partial charge in [-0.3, -0.25) is 20.4 Å². The average Bonchev–Trinajstić information content (AvgIpc) is 2.64. The number of rotatable bonds is 6. The Labute approximate surface area is 143 Å². The molecule has 7 nitrogen and oxygen atoms in total. The molecule has 128 valence electrons. The van der Waals surface area contributed by atoms with E-state index < -0.39 is 17.8 Å². The zero-order chi connectivity index (χ0) is 18.2. The Balaban J connectivity index is 1.99. The molecule has 0 aromatic heterocycles. The summed E-state index contributed by atoms with van der Waals surface area (Å²) < 4.78 is 5.31. The fourth-order valence-corrected chi connectivity index (χ4v) is 1.98. The third kappa shape index (κ3) is 4.68. The first-order valence-electron chi connectivity index (χ1n) is 7.29. The van der Waals surface area contributed by atoms with Crippen LogP contribution in [0.1, 0.15) is 31.1 Å². The van der Waals surface area contributed by atoms with Gasteiger partial charge in [-0.15, -0.1) is 0 Å². The van der Waals surface area contributed by atoms with Crippen LogP contribution in [0.2, 0.25) is 0 Å². The molecule has 0 spiro atoms.